The van der Waals surface area contributed by atoms with Gasteiger partial charge in [0, 0.05) is 25.2 Å². The van der Waals surface area contributed by atoms with Gasteiger partial charge in [-0.1, -0.05) is 5.16 Å². The van der Waals surface area contributed by atoms with Gasteiger partial charge in [-0.2, -0.15) is 0 Å². The van der Waals surface area contributed by atoms with E-state index in [0.717, 1.165) is 43.9 Å². The number of hydrogen-bond donors (Lipinski definition) is 0. The fourth-order valence-corrected chi connectivity index (χ4v) is 3.59. The molecule has 0 atom stereocenters. The molecule has 1 aliphatic heterocycles. The summed E-state index contributed by atoms with van der Waals surface area (Å²) in [4.78, 5) is 19.2. The van der Waals surface area contributed by atoms with E-state index in [1.54, 1.807) is 4.57 Å². The van der Waals surface area contributed by atoms with Crippen molar-refractivity contribution in [2.75, 3.05) is 13.1 Å². The summed E-state index contributed by atoms with van der Waals surface area (Å²) in [6, 6.07) is 6.08. The summed E-state index contributed by atoms with van der Waals surface area (Å²) in [5.41, 5.74) is 1.27. The van der Waals surface area contributed by atoms with Crippen molar-refractivity contribution in [1.29, 1.82) is 0 Å². The highest BCUT2D eigenvalue weighted by Gasteiger charge is 2.21. The number of aromatic nitrogens is 3. The maximum absolute atomic E-state index is 13.3. The third-order valence-electron chi connectivity index (χ3n) is 5.01. The Bertz CT molecular complexity index is 973. The fraction of sp³-hybridized carbons (Fsp3) is 0.421. The Labute approximate surface area is 150 Å². The first-order valence-electron chi connectivity index (χ1n) is 8.88. The maximum Gasteiger partial charge on any atom is 0.261 e. The van der Waals surface area contributed by atoms with E-state index in [-0.39, 0.29) is 11.4 Å². The van der Waals surface area contributed by atoms with Crippen LogP contribution in [0.25, 0.3) is 10.9 Å². The van der Waals surface area contributed by atoms with Crippen molar-refractivity contribution in [3.8, 4) is 0 Å². The lowest BCUT2D eigenvalue weighted by atomic mass is 9.96. The summed E-state index contributed by atoms with van der Waals surface area (Å²) in [5, 5.41) is 4.51. The minimum Gasteiger partial charge on any atom is -0.361 e. The Morgan fingerprint density at radius 2 is 2.08 bits per heavy atom. The number of piperidine rings is 1. The SMILES string of the molecule is Cc1cc(CN2CCC(Cn3cnc4cc(F)ccc4c3=O)CC2)no1. The van der Waals surface area contributed by atoms with Gasteiger partial charge in [0.1, 0.15) is 11.6 Å². The zero-order valence-corrected chi connectivity index (χ0v) is 14.7. The molecule has 0 spiro atoms. The van der Waals surface area contributed by atoms with Crippen LogP contribution in [-0.4, -0.2) is 32.7 Å². The second-order valence-electron chi connectivity index (χ2n) is 7.01. The molecule has 1 aromatic carbocycles. The normalized spacial score (nSPS) is 16.4. The second kappa shape index (κ2) is 6.99. The van der Waals surface area contributed by atoms with E-state index in [9.17, 15) is 9.18 Å². The van der Waals surface area contributed by atoms with Crippen LogP contribution in [0.1, 0.15) is 24.3 Å². The number of benzene rings is 1. The lowest BCUT2D eigenvalue weighted by molar-refractivity contribution is 0.163. The molecule has 0 saturated carbocycles. The fourth-order valence-electron chi connectivity index (χ4n) is 3.59. The van der Waals surface area contributed by atoms with Crippen molar-refractivity contribution in [3.05, 3.63) is 58.2 Å². The molecule has 1 aliphatic rings. The van der Waals surface area contributed by atoms with Crippen LogP contribution in [0, 0.1) is 18.7 Å². The van der Waals surface area contributed by atoms with Crippen molar-refractivity contribution >= 4 is 10.9 Å². The molecule has 6 nitrogen and oxygen atoms in total. The molecule has 0 aliphatic carbocycles. The smallest absolute Gasteiger partial charge is 0.261 e. The average molecular weight is 356 g/mol. The molecule has 1 saturated heterocycles. The molecule has 0 amide bonds. The van der Waals surface area contributed by atoms with E-state index in [0.29, 0.717) is 23.4 Å². The Kier molecular flexibility index (Phi) is 4.55. The van der Waals surface area contributed by atoms with Crippen LogP contribution in [0.4, 0.5) is 4.39 Å². The molecular weight excluding hydrogens is 335 g/mol. The van der Waals surface area contributed by atoms with Gasteiger partial charge in [-0.15, -0.1) is 0 Å². The number of fused-ring (bicyclic) bond motifs is 1. The lowest BCUT2D eigenvalue weighted by Crippen LogP contribution is -2.36. The van der Waals surface area contributed by atoms with Gasteiger partial charge in [0.2, 0.25) is 0 Å². The number of aryl methyl sites for hydroxylation is 1. The summed E-state index contributed by atoms with van der Waals surface area (Å²) in [6.45, 7) is 5.28. The molecule has 0 radical (unpaired) electrons. The first kappa shape index (κ1) is 16.9. The van der Waals surface area contributed by atoms with Gasteiger partial charge in [0.15, 0.2) is 0 Å². The molecule has 136 valence electrons. The van der Waals surface area contributed by atoms with E-state index < -0.39 is 0 Å². The van der Waals surface area contributed by atoms with E-state index >= 15 is 0 Å². The van der Waals surface area contributed by atoms with Gasteiger partial charge < -0.3 is 4.52 Å². The van der Waals surface area contributed by atoms with E-state index in [2.05, 4.69) is 15.0 Å². The van der Waals surface area contributed by atoms with Crippen LogP contribution in [0.15, 0.2) is 39.9 Å². The quantitative estimate of drug-likeness (QED) is 0.719. The first-order chi connectivity index (χ1) is 12.6. The Hall–Kier alpha value is -2.54. The van der Waals surface area contributed by atoms with Crippen LogP contribution < -0.4 is 5.56 Å². The third kappa shape index (κ3) is 3.53. The predicted octanol–water partition coefficient (Wildman–Crippen LogP) is 2.74. The monoisotopic (exact) mass is 356 g/mol. The number of likely N-dealkylation sites (tertiary alicyclic amines) is 1. The molecule has 26 heavy (non-hydrogen) atoms. The van der Waals surface area contributed by atoms with Crippen LogP contribution in [0.3, 0.4) is 0 Å². The molecule has 0 bridgehead atoms. The van der Waals surface area contributed by atoms with Crippen molar-refractivity contribution in [3.63, 3.8) is 0 Å². The Morgan fingerprint density at radius 3 is 2.81 bits per heavy atom. The van der Waals surface area contributed by atoms with Crippen molar-refractivity contribution in [2.45, 2.75) is 32.9 Å². The van der Waals surface area contributed by atoms with Gasteiger partial charge in [-0.3, -0.25) is 14.3 Å². The standard InChI is InChI=1S/C19H21FN4O2/c1-13-8-16(22-26-13)11-23-6-4-14(5-7-23)10-24-12-21-18-9-15(20)2-3-17(18)19(24)25/h2-3,8-9,12,14H,4-7,10-11H2,1H3. The third-order valence-corrected chi connectivity index (χ3v) is 5.01. The topological polar surface area (TPSA) is 64.2 Å². The van der Waals surface area contributed by atoms with Crippen LogP contribution >= 0.6 is 0 Å². The summed E-state index contributed by atoms with van der Waals surface area (Å²) in [7, 11) is 0. The number of hydrogen-bond acceptors (Lipinski definition) is 5. The number of rotatable bonds is 4. The second-order valence-corrected chi connectivity index (χ2v) is 7.01. The molecule has 2 aromatic heterocycles. The lowest BCUT2D eigenvalue weighted by Gasteiger charge is -2.31. The highest BCUT2D eigenvalue weighted by Crippen LogP contribution is 2.20. The molecular formula is C19H21FN4O2. The Balaban J connectivity index is 1.40. The van der Waals surface area contributed by atoms with Gasteiger partial charge >= 0.3 is 0 Å². The maximum atomic E-state index is 13.3. The molecule has 4 rings (SSSR count). The van der Waals surface area contributed by atoms with Crippen LogP contribution in [0.2, 0.25) is 0 Å². The average Bonchev–Trinajstić information content (AvgIpc) is 3.04. The van der Waals surface area contributed by atoms with Gasteiger partial charge in [-0.05, 0) is 50.9 Å². The number of nitrogens with zero attached hydrogens (tertiary/aromatic N) is 4. The largest absolute Gasteiger partial charge is 0.361 e. The molecule has 0 N–H and O–H groups in total. The van der Waals surface area contributed by atoms with E-state index in [1.807, 2.05) is 13.0 Å². The van der Waals surface area contributed by atoms with Gasteiger partial charge in [0.05, 0.1) is 22.9 Å². The zero-order valence-electron chi connectivity index (χ0n) is 14.7. The molecule has 1 fully saturated rings. The summed E-state index contributed by atoms with van der Waals surface area (Å²) < 4.78 is 20.0. The predicted molar refractivity (Wildman–Crippen MR) is 95.2 cm³/mol. The Morgan fingerprint density at radius 1 is 1.27 bits per heavy atom. The van der Waals surface area contributed by atoms with Crippen LogP contribution in [-0.2, 0) is 13.1 Å². The molecule has 3 heterocycles. The minimum absolute atomic E-state index is 0.101. The highest BCUT2D eigenvalue weighted by atomic mass is 19.1. The van der Waals surface area contributed by atoms with Crippen molar-refractivity contribution in [1.82, 2.24) is 19.6 Å². The molecule has 3 aromatic rings. The van der Waals surface area contributed by atoms with Gasteiger partial charge in [0.25, 0.3) is 5.56 Å². The summed E-state index contributed by atoms with van der Waals surface area (Å²) in [5.74, 6) is 0.887. The minimum atomic E-state index is -0.378. The van der Waals surface area contributed by atoms with E-state index in [1.165, 1.54) is 24.5 Å². The van der Waals surface area contributed by atoms with E-state index in [4.69, 9.17) is 4.52 Å². The van der Waals surface area contributed by atoms with Gasteiger partial charge in [-0.25, -0.2) is 9.37 Å². The van der Waals surface area contributed by atoms with Crippen molar-refractivity contribution in [2.24, 2.45) is 5.92 Å². The summed E-state index contributed by atoms with van der Waals surface area (Å²) in [6.07, 6.45) is 3.57. The molecule has 0 unspecified atom stereocenters. The van der Waals surface area contributed by atoms with Crippen LogP contribution in [0.5, 0.6) is 0 Å². The number of halogens is 1. The highest BCUT2D eigenvalue weighted by molar-refractivity contribution is 5.77. The van der Waals surface area contributed by atoms with Crippen molar-refractivity contribution < 1.29 is 8.91 Å². The first-order valence-corrected chi connectivity index (χ1v) is 8.88. The zero-order chi connectivity index (χ0) is 18.1. The molecule has 7 heteroatoms. The summed E-state index contributed by atoms with van der Waals surface area (Å²) >= 11 is 0.